The summed E-state index contributed by atoms with van der Waals surface area (Å²) in [5.41, 5.74) is 9.44. The average molecular weight is 734 g/mol. The van der Waals surface area contributed by atoms with Crippen molar-refractivity contribution in [2.75, 3.05) is 0 Å². The Morgan fingerprint density at radius 2 is 0.893 bits per heavy atom. The van der Waals surface area contributed by atoms with Crippen molar-refractivity contribution in [3.63, 3.8) is 0 Å². The number of rotatable bonds is 6. The molecule has 4 aromatic heterocycles. The second-order valence-corrected chi connectivity index (χ2v) is 15.0. The molecule has 11 aromatic rings. The van der Waals surface area contributed by atoms with E-state index in [0.717, 1.165) is 55.4 Å². The predicted molar refractivity (Wildman–Crippen MR) is 232 cm³/mol. The minimum atomic E-state index is 0.558. The van der Waals surface area contributed by atoms with Crippen LogP contribution in [-0.2, 0) is 0 Å². The van der Waals surface area contributed by atoms with Crippen LogP contribution < -0.4 is 0 Å². The number of pyridine rings is 1. The summed E-state index contributed by atoms with van der Waals surface area (Å²) >= 11 is 1.84. The van der Waals surface area contributed by atoms with Crippen LogP contribution in [0.2, 0.25) is 0 Å². The molecular formula is C50H31N5S. The quantitative estimate of drug-likeness (QED) is 0.171. The fourth-order valence-corrected chi connectivity index (χ4v) is 8.91. The van der Waals surface area contributed by atoms with Crippen LogP contribution in [-0.4, -0.2) is 24.5 Å². The van der Waals surface area contributed by atoms with Crippen molar-refractivity contribution in [2.24, 2.45) is 0 Å². The Kier molecular flexibility index (Phi) is 7.60. The maximum Gasteiger partial charge on any atom is 0.167 e. The predicted octanol–water partition coefficient (Wildman–Crippen LogP) is 13.1. The number of hydrogen-bond donors (Lipinski definition) is 0. The van der Waals surface area contributed by atoms with Gasteiger partial charge in [-0.3, -0.25) is 4.57 Å². The summed E-state index contributed by atoms with van der Waals surface area (Å²) in [5.74, 6) is 2.52. The van der Waals surface area contributed by atoms with E-state index in [9.17, 15) is 0 Å². The molecule has 0 radical (unpaired) electrons. The van der Waals surface area contributed by atoms with Gasteiger partial charge in [0.15, 0.2) is 17.5 Å². The van der Waals surface area contributed by atoms with Crippen LogP contribution in [0.25, 0.3) is 104 Å². The first-order valence-corrected chi connectivity index (χ1v) is 19.4. The van der Waals surface area contributed by atoms with Crippen LogP contribution in [0.3, 0.4) is 0 Å². The van der Waals surface area contributed by atoms with Gasteiger partial charge in [-0.25, -0.2) is 19.9 Å². The van der Waals surface area contributed by atoms with Gasteiger partial charge in [0.25, 0.3) is 0 Å². The van der Waals surface area contributed by atoms with E-state index in [4.69, 9.17) is 19.9 Å². The van der Waals surface area contributed by atoms with E-state index in [1.807, 2.05) is 60.0 Å². The summed E-state index contributed by atoms with van der Waals surface area (Å²) in [6.45, 7) is 0. The Labute approximate surface area is 326 Å². The van der Waals surface area contributed by atoms with Crippen LogP contribution >= 0.6 is 11.3 Å². The highest BCUT2D eigenvalue weighted by atomic mass is 32.1. The first kappa shape index (κ1) is 32.2. The lowest BCUT2D eigenvalue weighted by atomic mass is 10.0. The maximum absolute atomic E-state index is 5.15. The van der Waals surface area contributed by atoms with Gasteiger partial charge in [0, 0.05) is 48.3 Å². The minimum absolute atomic E-state index is 0.558. The molecule has 4 heterocycles. The first-order valence-electron chi connectivity index (χ1n) is 18.6. The molecule has 0 atom stereocenters. The fraction of sp³-hybridized carbons (Fsp3) is 0. The van der Waals surface area contributed by atoms with Crippen LogP contribution in [0.1, 0.15) is 0 Å². The van der Waals surface area contributed by atoms with Crippen molar-refractivity contribution in [1.82, 2.24) is 24.5 Å². The van der Waals surface area contributed by atoms with E-state index in [-0.39, 0.29) is 0 Å². The Morgan fingerprint density at radius 3 is 1.68 bits per heavy atom. The molecular weight excluding hydrogens is 703 g/mol. The molecule has 5 nitrogen and oxygen atoms in total. The fourth-order valence-electron chi connectivity index (χ4n) is 7.82. The first-order chi connectivity index (χ1) is 27.7. The van der Waals surface area contributed by atoms with Crippen molar-refractivity contribution in [3.05, 3.63) is 188 Å². The van der Waals surface area contributed by atoms with E-state index in [0.29, 0.717) is 17.5 Å². The monoisotopic (exact) mass is 733 g/mol. The summed E-state index contributed by atoms with van der Waals surface area (Å²) in [6, 6.07) is 63.7. The van der Waals surface area contributed by atoms with Gasteiger partial charge in [-0.1, -0.05) is 133 Å². The second kappa shape index (κ2) is 13.2. The SMILES string of the molecule is c1ccc(-c2ccc(-c3nc(-c4ccccc4)nc(-c4cccnc4-n4c5ccccc5c5cc(-c6ccc7sc8ccccc8c7c6)ccc54)n3)cc2)cc1. The number of nitrogens with zero attached hydrogens (tertiary/aromatic N) is 5. The van der Waals surface area contributed by atoms with Gasteiger partial charge >= 0.3 is 0 Å². The molecule has 0 aliphatic carbocycles. The maximum atomic E-state index is 5.15. The Bertz CT molecular complexity index is 3240. The van der Waals surface area contributed by atoms with Gasteiger partial charge in [0.05, 0.1) is 16.6 Å². The average Bonchev–Trinajstić information content (AvgIpc) is 3.82. The van der Waals surface area contributed by atoms with Crippen molar-refractivity contribution in [1.29, 1.82) is 0 Å². The van der Waals surface area contributed by atoms with Gasteiger partial charge in [-0.05, 0) is 70.8 Å². The number of hydrogen-bond acceptors (Lipinski definition) is 5. The lowest BCUT2D eigenvalue weighted by Gasteiger charge is -2.14. The summed E-state index contributed by atoms with van der Waals surface area (Å²) in [7, 11) is 0. The highest BCUT2D eigenvalue weighted by molar-refractivity contribution is 7.25. The topological polar surface area (TPSA) is 56.5 Å². The number of thiophene rings is 1. The van der Waals surface area contributed by atoms with Crippen molar-refractivity contribution in [2.45, 2.75) is 0 Å². The summed E-state index contributed by atoms with van der Waals surface area (Å²) in [6.07, 6.45) is 1.84. The van der Waals surface area contributed by atoms with Gasteiger partial charge in [0.2, 0.25) is 0 Å². The molecule has 6 heteroatoms. The lowest BCUT2D eigenvalue weighted by Crippen LogP contribution is -2.05. The number of fused-ring (bicyclic) bond motifs is 6. The molecule has 0 bridgehead atoms. The molecule has 0 saturated heterocycles. The molecule has 56 heavy (non-hydrogen) atoms. The number of benzene rings is 7. The van der Waals surface area contributed by atoms with Crippen molar-refractivity contribution >= 4 is 53.3 Å². The Morgan fingerprint density at radius 1 is 0.357 bits per heavy atom. The van der Waals surface area contributed by atoms with Crippen LogP contribution in [0, 0.1) is 0 Å². The van der Waals surface area contributed by atoms with Crippen molar-refractivity contribution in [3.8, 4) is 62.2 Å². The number of para-hydroxylation sites is 1. The molecule has 0 amide bonds. The molecule has 0 spiro atoms. The highest BCUT2D eigenvalue weighted by Crippen LogP contribution is 2.40. The smallest absolute Gasteiger partial charge is 0.167 e. The van der Waals surface area contributed by atoms with E-state index >= 15 is 0 Å². The standard InChI is InChI=1S/C50H31N5S/c1-3-12-32(13-4-1)33-21-23-35(24-22-33)48-52-47(34-14-5-2-6-15-34)53-49(54-48)40-18-11-29-51-50(40)55-43-19-9-7-16-38(43)41-30-36(25-27-44(41)55)37-26-28-46-42(31-37)39-17-8-10-20-45(39)56-46/h1-31H. The largest absolute Gasteiger partial charge is 0.293 e. The molecule has 0 fully saturated rings. The molecule has 11 rings (SSSR count). The zero-order chi connectivity index (χ0) is 37.0. The third kappa shape index (κ3) is 5.46. The molecule has 7 aromatic carbocycles. The molecule has 0 N–H and O–H groups in total. The highest BCUT2D eigenvalue weighted by Gasteiger charge is 2.21. The zero-order valence-electron chi connectivity index (χ0n) is 30.0. The molecule has 0 aliphatic heterocycles. The summed E-state index contributed by atoms with van der Waals surface area (Å²) in [4.78, 5) is 20.3. The van der Waals surface area contributed by atoms with E-state index in [1.165, 1.54) is 31.3 Å². The molecule has 0 saturated carbocycles. The third-order valence-corrected chi connectivity index (χ3v) is 11.7. The molecule has 0 aliphatic rings. The Hall–Kier alpha value is -7.28. The molecule has 262 valence electrons. The lowest BCUT2D eigenvalue weighted by molar-refractivity contribution is 1.04. The van der Waals surface area contributed by atoms with Crippen molar-refractivity contribution < 1.29 is 0 Å². The zero-order valence-corrected chi connectivity index (χ0v) is 30.9. The second-order valence-electron chi connectivity index (χ2n) is 13.9. The molecule has 0 unspecified atom stereocenters. The van der Waals surface area contributed by atoms with Gasteiger partial charge in [-0.15, -0.1) is 11.3 Å². The minimum Gasteiger partial charge on any atom is -0.293 e. The summed E-state index contributed by atoms with van der Waals surface area (Å²) in [5, 5.41) is 4.91. The van der Waals surface area contributed by atoms with Crippen LogP contribution in [0.4, 0.5) is 0 Å². The van der Waals surface area contributed by atoms with Gasteiger partial charge in [0.1, 0.15) is 5.82 Å². The number of aromatic nitrogens is 5. The Balaban J connectivity index is 1.07. The summed E-state index contributed by atoms with van der Waals surface area (Å²) < 4.78 is 4.86. The van der Waals surface area contributed by atoms with Gasteiger partial charge < -0.3 is 0 Å². The van der Waals surface area contributed by atoms with Crippen LogP contribution in [0.15, 0.2) is 188 Å². The van der Waals surface area contributed by atoms with E-state index < -0.39 is 0 Å². The third-order valence-electron chi connectivity index (χ3n) is 10.5. The van der Waals surface area contributed by atoms with Crippen LogP contribution in [0.5, 0.6) is 0 Å². The van der Waals surface area contributed by atoms with Gasteiger partial charge in [-0.2, -0.15) is 0 Å². The normalized spacial score (nSPS) is 11.6. The van der Waals surface area contributed by atoms with E-state index in [1.54, 1.807) is 0 Å². The van der Waals surface area contributed by atoms with E-state index in [2.05, 4.69) is 144 Å².